The van der Waals surface area contributed by atoms with E-state index in [1.165, 1.54) is 25.3 Å². The number of rotatable bonds is 3. The summed E-state index contributed by atoms with van der Waals surface area (Å²) >= 11 is 0. The summed E-state index contributed by atoms with van der Waals surface area (Å²) in [6.45, 7) is 0.434. The average Bonchev–Trinajstić information content (AvgIpc) is 2.71. The lowest BCUT2D eigenvalue weighted by Crippen LogP contribution is -2.32. The van der Waals surface area contributed by atoms with Crippen molar-refractivity contribution in [3.8, 4) is 0 Å². The summed E-state index contributed by atoms with van der Waals surface area (Å²) in [6, 6.07) is 0.429. The quantitative estimate of drug-likeness (QED) is 0.618. The Morgan fingerprint density at radius 2 is 2.08 bits per heavy atom. The predicted octanol–water partition coefficient (Wildman–Crippen LogP) is 0.416. The van der Waals surface area contributed by atoms with Gasteiger partial charge >= 0.3 is 0 Å². The van der Waals surface area contributed by atoms with Gasteiger partial charge < -0.3 is 11.1 Å². The van der Waals surface area contributed by atoms with E-state index in [4.69, 9.17) is 5.73 Å². The largest absolute Gasteiger partial charge is 0.350 e. The third-order valence-corrected chi connectivity index (χ3v) is 3.00. The van der Waals surface area contributed by atoms with Crippen molar-refractivity contribution < 1.29 is 4.79 Å². The maximum atomic E-state index is 11.2. The highest BCUT2D eigenvalue weighted by Gasteiger charge is 2.45. The van der Waals surface area contributed by atoms with Crippen LogP contribution in [-0.4, -0.2) is 18.5 Å². The molecule has 2 unspecified atom stereocenters. The van der Waals surface area contributed by atoms with Crippen LogP contribution in [0.3, 0.4) is 0 Å². The van der Waals surface area contributed by atoms with E-state index < -0.39 is 0 Å². The molecule has 0 radical (unpaired) electrons. The molecule has 0 heterocycles. The molecule has 0 aromatic rings. The molecule has 2 fully saturated rings. The van der Waals surface area contributed by atoms with Gasteiger partial charge in [-0.3, -0.25) is 4.79 Å². The molecule has 3 nitrogen and oxygen atoms in total. The minimum atomic E-state index is 0.0109. The van der Waals surface area contributed by atoms with E-state index in [0.717, 1.165) is 11.8 Å². The van der Waals surface area contributed by atoms with E-state index in [1.807, 2.05) is 0 Å². The Kier molecular flexibility index (Phi) is 2.36. The number of carbonyl (C=O) groups is 1. The standard InChI is InChI=1S/C10H16N2O/c11-3-1-2-10(13)12-9-5-7-4-8(7)6-9/h1-2,7-9H,3-6,11H2,(H,12,13)/b2-1+. The number of carbonyl (C=O) groups excluding carboxylic acids is 1. The summed E-state index contributed by atoms with van der Waals surface area (Å²) in [5.74, 6) is 1.85. The van der Waals surface area contributed by atoms with E-state index in [9.17, 15) is 4.79 Å². The van der Waals surface area contributed by atoms with Crippen molar-refractivity contribution in [2.24, 2.45) is 17.6 Å². The van der Waals surface area contributed by atoms with Crippen LogP contribution in [0, 0.1) is 11.8 Å². The Morgan fingerprint density at radius 1 is 1.38 bits per heavy atom. The Bertz CT molecular complexity index is 227. The summed E-state index contributed by atoms with van der Waals surface area (Å²) in [4.78, 5) is 11.2. The van der Waals surface area contributed by atoms with Crippen molar-refractivity contribution in [1.29, 1.82) is 0 Å². The number of nitrogens with one attached hydrogen (secondary N) is 1. The summed E-state index contributed by atoms with van der Waals surface area (Å²) < 4.78 is 0. The molecule has 0 aromatic carbocycles. The average molecular weight is 180 g/mol. The van der Waals surface area contributed by atoms with Crippen molar-refractivity contribution in [2.45, 2.75) is 25.3 Å². The number of amides is 1. The molecule has 0 spiro atoms. The molecule has 3 heteroatoms. The number of hydrogen-bond donors (Lipinski definition) is 2. The fourth-order valence-electron chi connectivity index (χ4n) is 2.26. The van der Waals surface area contributed by atoms with Gasteiger partial charge in [-0.1, -0.05) is 6.08 Å². The molecule has 0 aliphatic heterocycles. The first-order valence-electron chi connectivity index (χ1n) is 4.96. The van der Waals surface area contributed by atoms with Crippen molar-refractivity contribution in [3.63, 3.8) is 0 Å². The minimum absolute atomic E-state index is 0.0109. The number of fused-ring (bicyclic) bond motifs is 1. The minimum Gasteiger partial charge on any atom is -0.350 e. The van der Waals surface area contributed by atoms with Crippen LogP contribution in [-0.2, 0) is 4.79 Å². The van der Waals surface area contributed by atoms with Crippen LogP contribution < -0.4 is 11.1 Å². The van der Waals surface area contributed by atoms with Gasteiger partial charge in [0.15, 0.2) is 0 Å². The normalized spacial score (nSPS) is 36.2. The third-order valence-electron chi connectivity index (χ3n) is 3.00. The second kappa shape index (κ2) is 3.50. The van der Waals surface area contributed by atoms with Gasteiger partial charge in [0.25, 0.3) is 0 Å². The van der Waals surface area contributed by atoms with Crippen LogP contribution in [0.5, 0.6) is 0 Å². The zero-order valence-electron chi connectivity index (χ0n) is 7.70. The van der Waals surface area contributed by atoms with Crippen LogP contribution >= 0.6 is 0 Å². The lowest BCUT2D eigenvalue weighted by atomic mass is 10.1. The first-order valence-corrected chi connectivity index (χ1v) is 4.96. The Balaban J connectivity index is 1.72. The smallest absolute Gasteiger partial charge is 0.243 e. The fraction of sp³-hybridized carbons (Fsp3) is 0.700. The maximum Gasteiger partial charge on any atom is 0.243 e. The van der Waals surface area contributed by atoms with E-state index in [0.29, 0.717) is 12.6 Å². The van der Waals surface area contributed by atoms with E-state index in [1.54, 1.807) is 6.08 Å². The zero-order valence-corrected chi connectivity index (χ0v) is 7.70. The van der Waals surface area contributed by atoms with Crippen LogP contribution in [0.4, 0.5) is 0 Å². The highest BCUT2D eigenvalue weighted by atomic mass is 16.1. The molecule has 13 heavy (non-hydrogen) atoms. The van der Waals surface area contributed by atoms with E-state index in [-0.39, 0.29) is 5.91 Å². The summed E-state index contributed by atoms with van der Waals surface area (Å²) in [6.07, 6.45) is 6.99. The van der Waals surface area contributed by atoms with Crippen molar-refractivity contribution >= 4 is 5.91 Å². The Labute approximate surface area is 78.4 Å². The fourth-order valence-corrected chi connectivity index (χ4v) is 2.26. The van der Waals surface area contributed by atoms with Crippen molar-refractivity contribution in [2.75, 3.05) is 6.54 Å². The van der Waals surface area contributed by atoms with Gasteiger partial charge in [0.05, 0.1) is 0 Å². The maximum absolute atomic E-state index is 11.2. The van der Waals surface area contributed by atoms with Crippen molar-refractivity contribution in [1.82, 2.24) is 5.32 Å². The second-order valence-corrected chi connectivity index (χ2v) is 4.07. The zero-order chi connectivity index (χ0) is 9.26. The van der Waals surface area contributed by atoms with Crippen LogP contribution in [0.2, 0.25) is 0 Å². The molecule has 2 aliphatic carbocycles. The number of nitrogens with two attached hydrogens (primary N) is 1. The van der Waals surface area contributed by atoms with Gasteiger partial charge in [-0.25, -0.2) is 0 Å². The monoisotopic (exact) mass is 180 g/mol. The Hall–Kier alpha value is -0.830. The molecule has 2 atom stereocenters. The van der Waals surface area contributed by atoms with Gasteiger partial charge in [-0.15, -0.1) is 0 Å². The molecule has 72 valence electrons. The molecule has 2 rings (SSSR count). The molecule has 0 aromatic heterocycles. The Morgan fingerprint density at radius 3 is 2.69 bits per heavy atom. The SMILES string of the molecule is NC/C=C/C(=O)NC1CC2CC2C1. The van der Waals surface area contributed by atoms with Crippen LogP contribution in [0.25, 0.3) is 0 Å². The van der Waals surface area contributed by atoms with Gasteiger partial charge in [-0.05, 0) is 31.1 Å². The first kappa shape index (κ1) is 8.75. The molecule has 0 bridgehead atoms. The van der Waals surface area contributed by atoms with E-state index >= 15 is 0 Å². The molecular weight excluding hydrogens is 164 g/mol. The summed E-state index contributed by atoms with van der Waals surface area (Å²) in [5, 5.41) is 2.99. The van der Waals surface area contributed by atoms with Crippen LogP contribution in [0.1, 0.15) is 19.3 Å². The summed E-state index contributed by atoms with van der Waals surface area (Å²) in [5.41, 5.74) is 5.25. The van der Waals surface area contributed by atoms with Crippen LogP contribution in [0.15, 0.2) is 12.2 Å². The molecule has 3 N–H and O–H groups in total. The second-order valence-electron chi connectivity index (χ2n) is 4.07. The number of hydrogen-bond acceptors (Lipinski definition) is 2. The molecule has 0 saturated heterocycles. The highest BCUT2D eigenvalue weighted by Crippen LogP contribution is 2.51. The van der Waals surface area contributed by atoms with Gasteiger partial charge in [0, 0.05) is 18.7 Å². The van der Waals surface area contributed by atoms with Gasteiger partial charge in [0.2, 0.25) is 5.91 Å². The van der Waals surface area contributed by atoms with Crippen molar-refractivity contribution in [3.05, 3.63) is 12.2 Å². The van der Waals surface area contributed by atoms with Gasteiger partial charge in [0.1, 0.15) is 0 Å². The van der Waals surface area contributed by atoms with E-state index in [2.05, 4.69) is 5.32 Å². The molecule has 1 amide bonds. The third kappa shape index (κ3) is 2.10. The lowest BCUT2D eigenvalue weighted by Gasteiger charge is -2.11. The lowest BCUT2D eigenvalue weighted by molar-refractivity contribution is -0.117. The summed E-state index contributed by atoms with van der Waals surface area (Å²) in [7, 11) is 0. The topological polar surface area (TPSA) is 55.1 Å². The molecular formula is C10H16N2O. The highest BCUT2D eigenvalue weighted by molar-refractivity contribution is 5.87. The van der Waals surface area contributed by atoms with Gasteiger partial charge in [-0.2, -0.15) is 0 Å². The first-order chi connectivity index (χ1) is 6.29. The predicted molar refractivity (Wildman–Crippen MR) is 51.0 cm³/mol. The molecule has 2 saturated carbocycles. The molecule has 2 aliphatic rings.